The van der Waals surface area contributed by atoms with E-state index in [1.54, 1.807) is 35.9 Å². The summed E-state index contributed by atoms with van der Waals surface area (Å²) in [5.41, 5.74) is 3.09. The Morgan fingerprint density at radius 2 is 1.74 bits per heavy atom. The first-order valence-electron chi connectivity index (χ1n) is 11.7. The molecule has 2 aromatic carbocycles. The Kier molecular flexibility index (Phi) is 7.29. The van der Waals surface area contributed by atoms with E-state index in [1.165, 1.54) is 6.42 Å². The third-order valence-electron chi connectivity index (χ3n) is 6.51. The van der Waals surface area contributed by atoms with Crippen molar-refractivity contribution in [2.75, 3.05) is 31.2 Å². The van der Waals surface area contributed by atoms with Crippen LogP contribution in [0.4, 0.5) is 11.6 Å². The van der Waals surface area contributed by atoms with Crippen LogP contribution in [0.5, 0.6) is 5.75 Å². The topological polar surface area (TPSA) is 72.0 Å². The number of benzene rings is 2. The minimum absolute atomic E-state index is 0.0616. The molecule has 0 atom stereocenters. The Hall–Kier alpha value is -3.63. The summed E-state index contributed by atoms with van der Waals surface area (Å²) >= 11 is 0. The van der Waals surface area contributed by atoms with Crippen molar-refractivity contribution in [3.05, 3.63) is 70.3 Å². The van der Waals surface area contributed by atoms with Gasteiger partial charge >= 0.3 is 0 Å². The fraction of sp³-hybridized carbons (Fsp3) is 0.370. The van der Waals surface area contributed by atoms with E-state index < -0.39 is 0 Å². The van der Waals surface area contributed by atoms with Gasteiger partial charge in [0.15, 0.2) is 5.69 Å². The number of nitrogens with zero attached hydrogens (tertiary/aromatic N) is 4. The number of piperidine rings is 1. The lowest BCUT2D eigenvalue weighted by atomic mass is 9.94. The van der Waals surface area contributed by atoms with Crippen molar-refractivity contribution >= 4 is 11.6 Å². The Morgan fingerprint density at radius 1 is 1.09 bits per heavy atom. The molecule has 34 heavy (non-hydrogen) atoms. The molecule has 4 rings (SSSR count). The average Bonchev–Trinajstić information content (AvgIpc) is 2.89. The lowest BCUT2D eigenvalue weighted by Crippen LogP contribution is -2.38. The number of ether oxygens (including phenoxy) is 1. The number of hydrogen-bond acceptors (Lipinski definition) is 5. The van der Waals surface area contributed by atoms with Crippen LogP contribution in [0.1, 0.15) is 26.2 Å². The highest BCUT2D eigenvalue weighted by Crippen LogP contribution is 2.33. The number of anilines is 1. The number of aliphatic hydroxyl groups excluding tert-OH is 1. The van der Waals surface area contributed by atoms with E-state index in [1.807, 2.05) is 24.3 Å². The summed E-state index contributed by atoms with van der Waals surface area (Å²) in [6.45, 7) is 11.4. The minimum atomic E-state index is -0.115. The lowest BCUT2D eigenvalue weighted by molar-refractivity contribution is 0.201. The van der Waals surface area contributed by atoms with Gasteiger partial charge in [-0.15, -0.1) is 0 Å². The molecule has 1 saturated heterocycles. The van der Waals surface area contributed by atoms with Gasteiger partial charge in [-0.3, -0.25) is 9.36 Å². The van der Waals surface area contributed by atoms with E-state index >= 15 is 0 Å². The van der Waals surface area contributed by atoms with Crippen LogP contribution in [0.25, 0.3) is 27.2 Å². The summed E-state index contributed by atoms with van der Waals surface area (Å²) in [5, 5.41) is 8.99. The van der Waals surface area contributed by atoms with Crippen molar-refractivity contribution in [3.63, 3.8) is 0 Å². The van der Waals surface area contributed by atoms with Gasteiger partial charge in [0, 0.05) is 20.1 Å². The molecule has 1 N–H and O–H groups in total. The molecule has 1 aliphatic heterocycles. The number of rotatable bonds is 7. The first kappa shape index (κ1) is 23.5. The largest absolute Gasteiger partial charge is 0.491 e. The van der Waals surface area contributed by atoms with E-state index in [-0.39, 0.29) is 18.8 Å². The zero-order valence-electron chi connectivity index (χ0n) is 19.7. The summed E-state index contributed by atoms with van der Waals surface area (Å²) in [5.74, 6) is 2.02. The Labute approximate surface area is 200 Å². The Morgan fingerprint density at radius 3 is 2.32 bits per heavy atom. The second-order valence-electron chi connectivity index (χ2n) is 8.59. The summed E-state index contributed by atoms with van der Waals surface area (Å²) < 4.78 is 7.12. The quantitative estimate of drug-likeness (QED) is 0.521. The highest BCUT2D eigenvalue weighted by Gasteiger charge is 2.24. The Balaban J connectivity index is 1.82. The minimum Gasteiger partial charge on any atom is -0.491 e. The van der Waals surface area contributed by atoms with E-state index in [4.69, 9.17) is 21.4 Å². The van der Waals surface area contributed by atoms with Crippen molar-refractivity contribution in [1.29, 1.82) is 0 Å². The van der Waals surface area contributed by atoms with Crippen LogP contribution in [0.3, 0.4) is 0 Å². The van der Waals surface area contributed by atoms with E-state index in [0.717, 1.165) is 43.0 Å². The van der Waals surface area contributed by atoms with Crippen LogP contribution in [-0.4, -0.2) is 41.0 Å². The molecule has 1 aliphatic rings. The molecule has 0 radical (unpaired) electrons. The molecule has 0 saturated carbocycles. The van der Waals surface area contributed by atoms with E-state index in [2.05, 4.69) is 16.7 Å². The van der Waals surface area contributed by atoms with Crippen molar-refractivity contribution in [2.24, 2.45) is 13.0 Å². The fourth-order valence-electron chi connectivity index (χ4n) is 4.46. The number of aliphatic hydroxyl groups is 1. The highest BCUT2D eigenvalue weighted by molar-refractivity contribution is 5.81. The first-order chi connectivity index (χ1) is 16.5. The Bertz CT molecular complexity index is 1220. The van der Waals surface area contributed by atoms with Gasteiger partial charge in [-0.2, -0.15) is 0 Å². The molecule has 0 amide bonds. The summed E-state index contributed by atoms with van der Waals surface area (Å²) in [6, 6.07) is 14.5. The molecular weight excluding hydrogens is 428 g/mol. The molecule has 3 aromatic rings. The monoisotopic (exact) mass is 458 g/mol. The van der Waals surface area contributed by atoms with Gasteiger partial charge in [0.05, 0.1) is 24.4 Å². The second-order valence-corrected chi connectivity index (χ2v) is 8.59. The SMILES string of the molecule is [C-]#[N+]c1ccc(-c2nc(N3CCC(CC)CC3)n(C)c(=O)c2-c2ccc(OCCO)cc2)cc1. The maximum atomic E-state index is 13.7. The van der Waals surface area contributed by atoms with Gasteiger partial charge in [0.1, 0.15) is 12.4 Å². The number of hydrogen-bond donors (Lipinski definition) is 1. The predicted molar refractivity (Wildman–Crippen MR) is 134 cm³/mol. The van der Waals surface area contributed by atoms with Crippen LogP contribution in [0.2, 0.25) is 0 Å². The van der Waals surface area contributed by atoms with Crippen molar-refractivity contribution in [2.45, 2.75) is 26.2 Å². The molecule has 0 aliphatic carbocycles. The lowest BCUT2D eigenvalue weighted by Gasteiger charge is -2.33. The highest BCUT2D eigenvalue weighted by atomic mass is 16.5. The first-order valence-corrected chi connectivity index (χ1v) is 11.7. The third kappa shape index (κ3) is 4.82. The number of aromatic nitrogens is 2. The molecule has 7 heteroatoms. The molecule has 0 spiro atoms. The smallest absolute Gasteiger partial charge is 0.263 e. The zero-order chi connectivity index (χ0) is 24.1. The van der Waals surface area contributed by atoms with Gasteiger partial charge in [-0.25, -0.2) is 9.83 Å². The standard InChI is InChI=1S/C27H30N4O3/c1-4-19-13-15-31(16-14-19)27-29-25(21-5-9-22(28-2)10-6-21)24(26(33)30(27)3)20-7-11-23(12-8-20)34-18-17-32/h5-12,19,32H,4,13-18H2,1,3H3. The summed E-state index contributed by atoms with van der Waals surface area (Å²) in [6.07, 6.45) is 3.37. The summed E-state index contributed by atoms with van der Waals surface area (Å²) in [4.78, 5) is 24.4. The third-order valence-corrected chi connectivity index (χ3v) is 6.51. The van der Waals surface area contributed by atoms with Crippen LogP contribution in [0.15, 0.2) is 53.3 Å². The van der Waals surface area contributed by atoms with Gasteiger partial charge in [0.2, 0.25) is 5.95 Å². The van der Waals surface area contributed by atoms with Gasteiger partial charge in [-0.05, 0) is 42.0 Å². The second kappa shape index (κ2) is 10.5. The normalized spacial score (nSPS) is 14.1. The van der Waals surface area contributed by atoms with Gasteiger partial charge in [0.25, 0.3) is 5.56 Å². The molecule has 7 nitrogen and oxygen atoms in total. The summed E-state index contributed by atoms with van der Waals surface area (Å²) in [7, 11) is 1.78. The molecule has 1 fully saturated rings. The van der Waals surface area contributed by atoms with E-state index in [0.29, 0.717) is 28.6 Å². The van der Waals surface area contributed by atoms with E-state index in [9.17, 15) is 4.79 Å². The van der Waals surface area contributed by atoms with Crippen LogP contribution in [0, 0.1) is 12.5 Å². The van der Waals surface area contributed by atoms with Crippen LogP contribution in [-0.2, 0) is 7.05 Å². The zero-order valence-corrected chi connectivity index (χ0v) is 19.7. The molecule has 176 valence electrons. The van der Waals surface area contributed by atoms with Crippen molar-refractivity contribution in [3.8, 4) is 28.1 Å². The average molecular weight is 459 g/mol. The van der Waals surface area contributed by atoms with Crippen LogP contribution >= 0.6 is 0 Å². The molecule has 2 heterocycles. The van der Waals surface area contributed by atoms with Crippen molar-refractivity contribution in [1.82, 2.24) is 9.55 Å². The fourth-order valence-corrected chi connectivity index (χ4v) is 4.46. The van der Waals surface area contributed by atoms with Gasteiger partial charge < -0.3 is 14.7 Å². The van der Waals surface area contributed by atoms with Gasteiger partial charge in [-0.1, -0.05) is 49.7 Å². The maximum Gasteiger partial charge on any atom is 0.263 e. The molecule has 1 aromatic heterocycles. The maximum absolute atomic E-state index is 13.7. The predicted octanol–water partition coefficient (Wildman–Crippen LogP) is 4.66. The molecule has 0 bridgehead atoms. The van der Waals surface area contributed by atoms with Crippen LogP contribution < -0.4 is 15.2 Å². The molecular formula is C27H30N4O3. The molecule has 0 unspecified atom stereocenters. The van der Waals surface area contributed by atoms with Crippen molar-refractivity contribution < 1.29 is 9.84 Å².